The summed E-state index contributed by atoms with van der Waals surface area (Å²) in [6.45, 7) is 10.8. The number of thioether (sulfide) groups is 2. The summed E-state index contributed by atoms with van der Waals surface area (Å²) in [5.74, 6) is 1.11. The Balaban J connectivity index is 0.867. The number of hydrogen-bond donors (Lipinski definition) is 9. The van der Waals surface area contributed by atoms with E-state index >= 15 is 0 Å². The second-order valence-corrected chi connectivity index (χ2v) is 25.3. The third-order valence-electron chi connectivity index (χ3n) is 15.2. The Labute approximate surface area is 561 Å². The standard InChI is InChI=1S/C64H104N10O18S2/c1-48-52(71-63(82)69-48)46-93-42-8-2-3-14-55(75)65-19-9-25-85-31-37-91-38-32-86-26-10-20-67-61(80)49-43-50(45-51(44-49)70-57(77)16-6-7-24-84-30-36-90-40-34-88-28-12-23-74-58(78)17-18-59(74)79)62(81)68-21-11-27-87-33-39-92-41-35-89-29-22-66-56(76)15-5-4-13-54-60-53(47-94-54)72-64(83)73-60/h17-18,43-45,48,52-54,60H,2-16,19-42,46-47H2,1H3,(H,65,75)(H,66,76)(H,67,80)(H,68,81)(H,70,77)(H2,69,71,82)(H2,72,73,83). The van der Waals surface area contributed by atoms with Gasteiger partial charge in [-0.25, -0.2) is 9.59 Å². The number of fused-ring (bicyclic) bond motifs is 1. The van der Waals surface area contributed by atoms with E-state index in [2.05, 4.69) is 47.9 Å². The third kappa shape index (κ3) is 35.4. The molecular formula is C64H104N10O18S2. The van der Waals surface area contributed by atoms with Crippen LogP contribution >= 0.6 is 23.5 Å². The molecule has 0 aromatic heterocycles. The Bertz CT molecular complexity index is 2440. The molecule has 0 aliphatic carbocycles. The number of unbranched alkanes of at least 4 members (excludes halogenated alkanes) is 4. The Kier molecular flexibility index (Phi) is 41.9. The smallest absolute Gasteiger partial charge is 0.315 e. The molecule has 94 heavy (non-hydrogen) atoms. The Morgan fingerprint density at radius 2 is 0.957 bits per heavy atom. The summed E-state index contributed by atoms with van der Waals surface area (Å²) >= 11 is 3.70. The zero-order valence-corrected chi connectivity index (χ0v) is 56.5. The van der Waals surface area contributed by atoms with Crippen molar-refractivity contribution < 1.29 is 85.8 Å². The van der Waals surface area contributed by atoms with Crippen LogP contribution in [-0.2, 0) is 66.6 Å². The summed E-state index contributed by atoms with van der Waals surface area (Å²) in [7, 11) is 0. The van der Waals surface area contributed by atoms with Crippen molar-refractivity contribution in [2.75, 3.05) is 174 Å². The number of benzene rings is 1. The number of anilines is 1. The van der Waals surface area contributed by atoms with Gasteiger partial charge < -0.3 is 90.5 Å². The highest BCUT2D eigenvalue weighted by atomic mass is 32.2. The number of carbonyl (C=O) groups excluding carboxylic acids is 9. The lowest BCUT2D eigenvalue weighted by Gasteiger charge is -2.16. The summed E-state index contributed by atoms with van der Waals surface area (Å²) in [5.41, 5.74) is 0.692. The molecule has 0 saturated carbocycles. The number of carbonyl (C=O) groups is 9. The molecule has 9 N–H and O–H groups in total. The van der Waals surface area contributed by atoms with Crippen molar-refractivity contribution in [2.24, 2.45) is 0 Å². The molecule has 4 aliphatic heterocycles. The van der Waals surface area contributed by atoms with Gasteiger partial charge in [0.25, 0.3) is 23.6 Å². The highest BCUT2D eigenvalue weighted by Crippen LogP contribution is 2.33. The number of imide groups is 1. The van der Waals surface area contributed by atoms with E-state index in [1.807, 2.05) is 30.4 Å². The van der Waals surface area contributed by atoms with Gasteiger partial charge in [0.05, 0.1) is 104 Å². The second-order valence-electron chi connectivity index (χ2n) is 22.9. The van der Waals surface area contributed by atoms with Gasteiger partial charge in [-0.15, -0.1) is 0 Å². The largest absolute Gasteiger partial charge is 0.379 e. The number of urea groups is 2. The van der Waals surface area contributed by atoms with Crippen LogP contribution in [-0.4, -0.2) is 257 Å². The quantitative estimate of drug-likeness (QED) is 0.0257. The first kappa shape index (κ1) is 79.0. The van der Waals surface area contributed by atoms with E-state index in [1.165, 1.54) is 35.3 Å². The van der Waals surface area contributed by atoms with Crippen molar-refractivity contribution in [1.82, 2.24) is 47.4 Å². The molecule has 4 heterocycles. The van der Waals surface area contributed by atoms with Crippen LogP contribution in [0.25, 0.3) is 0 Å². The van der Waals surface area contributed by atoms with Crippen LogP contribution in [0.4, 0.5) is 15.3 Å². The van der Waals surface area contributed by atoms with Crippen molar-refractivity contribution in [2.45, 2.75) is 133 Å². The minimum Gasteiger partial charge on any atom is -0.379 e. The number of nitrogens with one attached hydrogen (secondary N) is 9. The molecule has 0 spiro atoms. The fourth-order valence-electron chi connectivity index (χ4n) is 10.1. The summed E-state index contributed by atoms with van der Waals surface area (Å²) in [6.07, 6.45) is 12.7. The van der Waals surface area contributed by atoms with E-state index in [0.29, 0.717) is 214 Å². The minimum absolute atomic E-state index is 0.00380. The average molecular weight is 1370 g/mol. The predicted molar refractivity (Wildman–Crippen MR) is 356 cm³/mol. The third-order valence-corrected chi connectivity index (χ3v) is 17.9. The van der Waals surface area contributed by atoms with E-state index in [9.17, 15) is 43.2 Å². The zero-order chi connectivity index (χ0) is 67.1. The normalized spacial score (nSPS) is 18.0. The van der Waals surface area contributed by atoms with Crippen LogP contribution in [0.2, 0.25) is 0 Å². The van der Waals surface area contributed by atoms with E-state index in [4.69, 9.17) is 42.6 Å². The molecule has 11 amide bonds. The van der Waals surface area contributed by atoms with Gasteiger partial charge in [0.15, 0.2) is 0 Å². The van der Waals surface area contributed by atoms with Crippen molar-refractivity contribution in [1.29, 1.82) is 0 Å². The minimum atomic E-state index is -0.425. The molecule has 3 fully saturated rings. The second kappa shape index (κ2) is 49.8. The molecule has 5 rings (SSSR count). The van der Waals surface area contributed by atoms with Crippen molar-refractivity contribution in [3.8, 4) is 0 Å². The zero-order valence-electron chi connectivity index (χ0n) is 54.9. The fraction of sp³-hybridized carbons (Fsp3) is 0.734. The van der Waals surface area contributed by atoms with Crippen LogP contribution in [0.1, 0.15) is 124 Å². The Morgan fingerprint density at radius 3 is 1.51 bits per heavy atom. The number of ether oxygens (including phenoxy) is 9. The van der Waals surface area contributed by atoms with E-state index in [0.717, 1.165) is 55.8 Å². The predicted octanol–water partition coefficient (Wildman–Crippen LogP) is 3.21. The molecule has 0 bridgehead atoms. The van der Waals surface area contributed by atoms with Gasteiger partial charge in [-0.1, -0.05) is 12.8 Å². The van der Waals surface area contributed by atoms with Crippen molar-refractivity contribution in [3.63, 3.8) is 0 Å². The number of rotatable bonds is 58. The maximum atomic E-state index is 13.4. The molecule has 5 atom stereocenters. The molecule has 4 aliphatic rings. The molecule has 1 aromatic carbocycles. The first-order chi connectivity index (χ1) is 45.9. The van der Waals surface area contributed by atoms with Gasteiger partial charge in [0.1, 0.15) is 0 Å². The first-order valence-electron chi connectivity index (χ1n) is 33.5. The lowest BCUT2D eigenvalue weighted by molar-refractivity contribution is -0.137. The van der Waals surface area contributed by atoms with Crippen LogP contribution in [0.5, 0.6) is 0 Å². The summed E-state index contributed by atoms with van der Waals surface area (Å²) in [5, 5.41) is 26.6. The summed E-state index contributed by atoms with van der Waals surface area (Å²) in [4.78, 5) is 112. The van der Waals surface area contributed by atoms with Crippen LogP contribution < -0.4 is 47.9 Å². The molecule has 3 saturated heterocycles. The van der Waals surface area contributed by atoms with Gasteiger partial charge in [-0.3, -0.25) is 38.5 Å². The summed E-state index contributed by atoms with van der Waals surface area (Å²) in [6, 6.07) is 5.06. The monoisotopic (exact) mass is 1360 g/mol. The maximum absolute atomic E-state index is 13.4. The fourth-order valence-corrected chi connectivity index (χ4v) is 12.8. The topological polar surface area (TPSA) is 348 Å². The van der Waals surface area contributed by atoms with E-state index in [1.54, 1.807) is 0 Å². The van der Waals surface area contributed by atoms with E-state index in [-0.39, 0.29) is 83.3 Å². The van der Waals surface area contributed by atoms with Gasteiger partial charge >= 0.3 is 12.1 Å². The van der Waals surface area contributed by atoms with Crippen LogP contribution in [0, 0.1) is 0 Å². The molecule has 0 radical (unpaired) electrons. The molecule has 30 heteroatoms. The molecule has 1 aromatic rings. The number of hydrogen-bond acceptors (Lipinski definition) is 20. The summed E-state index contributed by atoms with van der Waals surface area (Å²) < 4.78 is 50.5. The average Bonchev–Trinajstić information content (AvgIpc) is 1.61. The SMILES string of the molecule is CC1NC(=O)NC1CSCCCCCC(=O)NCCCOCCOCCOCCCNC(=O)c1cc(NC(=O)CCCCOCCOCCOCCCN2C(=O)C=CC2=O)cc(C(=O)NCCCOCCOCCOCCNC(=O)CCCCC2SCC3NC(=O)NC32)c1. The van der Waals surface area contributed by atoms with E-state index < -0.39 is 11.8 Å². The van der Waals surface area contributed by atoms with Crippen molar-refractivity contribution in [3.05, 3.63) is 41.5 Å². The molecular weight excluding hydrogens is 1260 g/mol. The molecule has 530 valence electrons. The van der Waals surface area contributed by atoms with Crippen molar-refractivity contribution >= 4 is 82.6 Å². The Hall–Kier alpha value is -5.67. The first-order valence-corrected chi connectivity index (χ1v) is 35.7. The Morgan fingerprint density at radius 1 is 0.489 bits per heavy atom. The van der Waals surface area contributed by atoms with Gasteiger partial charge in [0, 0.05) is 137 Å². The maximum Gasteiger partial charge on any atom is 0.315 e. The van der Waals surface area contributed by atoms with Gasteiger partial charge in [0.2, 0.25) is 17.7 Å². The number of amides is 11. The highest BCUT2D eigenvalue weighted by Gasteiger charge is 2.42. The molecule has 5 unspecified atom stereocenters. The number of nitrogens with zero attached hydrogens (tertiary/aromatic N) is 1. The van der Waals surface area contributed by atoms with Crippen LogP contribution in [0.3, 0.4) is 0 Å². The van der Waals surface area contributed by atoms with Gasteiger partial charge in [-0.2, -0.15) is 23.5 Å². The van der Waals surface area contributed by atoms with Crippen LogP contribution in [0.15, 0.2) is 30.4 Å². The lowest BCUT2D eigenvalue weighted by Crippen LogP contribution is -2.36. The highest BCUT2D eigenvalue weighted by molar-refractivity contribution is 8.00. The molecule has 28 nitrogen and oxygen atoms in total. The van der Waals surface area contributed by atoms with Gasteiger partial charge in [-0.05, 0) is 95.1 Å². The lowest BCUT2D eigenvalue weighted by atomic mass is 10.0.